The number of nitro benzene ring substituents is 1. The molecule has 2 aromatic carbocycles. The van der Waals surface area contributed by atoms with Crippen molar-refractivity contribution < 1.29 is 14.1 Å². The molecule has 0 bridgehead atoms. The first-order valence-corrected chi connectivity index (χ1v) is 11.2. The van der Waals surface area contributed by atoms with Gasteiger partial charge in [0.05, 0.1) is 15.5 Å². The summed E-state index contributed by atoms with van der Waals surface area (Å²) in [6.07, 6.45) is 1.64. The number of hydrogen-bond donors (Lipinski definition) is 0. The van der Waals surface area contributed by atoms with E-state index in [2.05, 4.69) is 15.9 Å². The smallest absolute Gasteiger partial charge is 0.273 e. The number of aryl methyl sites for hydroxylation is 1. The first kappa shape index (κ1) is 21.5. The molecule has 31 heavy (non-hydrogen) atoms. The van der Waals surface area contributed by atoms with Gasteiger partial charge in [0, 0.05) is 27.7 Å². The van der Waals surface area contributed by atoms with Gasteiger partial charge in [-0.05, 0) is 61.9 Å². The molecule has 6 nitrogen and oxygen atoms in total. The molecule has 1 amide bonds. The molecule has 1 fully saturated rings. The molecule has 1 aliphatic heterocycles. The number of furan rings is 1. The van der Waals surface area contributed by atoms with Gasteiger partial charge in [-0.3, -0.25) is 19.8 Å². The summed E-state index contributed by atoms with van der Waals surface area (Å²) in [7, 11) is 0. The van der Waals surface area contributed by atoms with Crippen molar-refractivity contribution in [2.24, 2.45) is 0 Å². The van der Waals surface area contributed by atoms with Crippen LogP contribution in [0.3, 0.4) is 0 Å². The van der Waals surface area contributed by atoms with E-state index >= 15 is 0 Å². The number of benzene rings is 2. The lowest BCUT2D eigenvalue weighted by Gasteiger charge is -2.14. The Morgan fingerprint density at radius 2 is 1.87 bits per heavy atom. The molecule has 4 rings (SSSR count). The second-order valence-electron chi connectivity index (χ2n) is 6.89. The van der Waals surface area contributed by atoms with Crippen LogP contribution in [0.15, 0.2) is 62.3 Å². The summed E-state index contributed by atoms with van der Waals surface area (Å²) in [5.41, 5.74) is 2.77. The average molecular weight is 515 g/mol. The fourth-order valence-corrected chi connectivity index (χ4v) is 4.71. The zero-order chi connectivity index (χ0) is 22.3. The van der Waals surface area contributed by atoms with E-state index in [1.807, 2.05) is 37.3 Å². The van der Waals surface area contributed by atoms with Crippen LogP contribution in [0.4, 0.5) is 11.4 Å². The highest BCUT2D eigenvalue weighted by atomic mass is 79.9. The van der Waals surface area contributed by atoms with Crippen LogP contribution in [0.2, 0.25) is 0 Å². The molecule has 2 heterocycles. The Kier molecular flexibility index (Phi) is 5.83. The number of rotatable bonds is 4. The predicted molar refractivity (Wildman–Crippen MR) is 130 cm³/mol. The van der Waals surface area contributed by atoms with Gasteiger partial charge in [-0.15, -0.1) is 0 Å². The van der Waals surface area contributed by atoms with Crippen molar-refractivity contribution in [3.8, 4) is 11.3 Å². The highest BCUT2D eigenvalue weighted by Crippen LogP contribution is 2.37. The Hall–Kier alpha value is -2.75. The van der Waals surface area contributed by atoms with Crippen molar-refractivity contribution in [2.75, 3.05) is 4.90 Å². The van der Waals surface area contributed by atoms with Gasteiger partial charge in [-0.25, -0.2) is 0 Å². The second-order valence-corrected chi connectivity index (χ2v) is 9.48. The van der Waals surface area contributed by atoms with E-state index in [1.165, 1.54) is 22.7 Å². The van der Waals surface area contributed by atoms with E-state index in [1.54, 1.807) is 25.1 Å². The number of anilines is 1. The number of hydrogen-bond acceptors (Lipinski definition) is 6. The van der Waals surface area contributed by atoms with Crippen molar-refractivity contribution >= 4 is 67.6 Å². The summed E-state index contributed by atoms with van der Waals surface area (Å²) in [4.78, 5) is 25.8. The summed E-state index contributed by atoms with van der Waals surface area (Å²) < 4.78 is 7.22. The molecule has 1 saturated heterocycles. The highest BCUT2D eigenvalue weighted by molar-refractivity contribution is 9.10. The number of thioether (sulfide) groups is 1. The number of amides is 1. The summed E-state index contributed by atoms with van der Waals surface area (Å²) in [5, 5.41) is 11.3. The van der Waals surface area contributed by atoms with Crippen LogP contribution in [0.5, 0.6) is 0 Å². The number of carbonyl (C=O) groups is 1. The Labute approximate surface area is 196 Å². The number of thiocarbonyl (C=S) groups is 1. The van der Waals surface area contributed by atoms with Crippen molar-refractivity contribution in [2.45, 2.75) is 13.8 Å². The van der Waals surface area contributed by atoms with Crippen LogP contribution in [0, 0.1) is 24.0 Å². The highest BCUT2D eigenvalue weighted by Gasteiger charge is 2.33. The van der Waals surface area contributed by atoms with Gasteiger partial charge in [0.25, 0.3) is 11.6 Å². The third kappa shape index (κ3) is 4.21. The number of halogens is 1. The molecule has 0 unspecified atom stereocenters. The number of nitro groups is 1. The zero-order valence-corrected chi connectivity index (χ0v) is 19.6. The van der Waals surface area contributed by atoms with Crippen molar-refractivity contribution in [3.05, 3.63) is 84.9 Å². The van der Waals surface area contributed by atoms with Gasteiger partial charge in [0.2, 0.25) is 0 Å². The molecule has 0 aliphatic carbocycles. The van der Waals surface area contributed by atoms with Crippen LogP contribution in [0.25, 0.3) is 17.4 Å². The molecule has 0 saturated carbocycles. The van der Waals surface area contributed by atoms with Gasteiger partial charge in [-0.2, -0.15) is 0 Å². The lowest BCUT2D eigenvalue weighted by atomic mass is 10.0. The topological polar surface area (TPSA) is 76.6 Å². The van der Waals surface area contributed by atoms with Crippen LogP contribution < -0.4 is 4.90 Å². The van der Waals surface area contributed by atoms with E-state index in [-0.39, 0.29) is 11.6 Å². The maximum absolute atomic E-state index is 12.9. The van der Waals surface area contributed by atoms with Crippen LogP contribution >= 0.6 is 39.9 Å². The van der Waals surface area contributed by atoms with E-state index in [9.17, 15) is 14.9 Å². The SMILES string of the molecule is Cc1cc(-c2ccc(/C=C3/SC(=S)N(c4ccc(Br)cc4)C3=O)o2)cc([N+](=O)[O-])c1C. The van der Waals surface area contributed by atoms with E-state index in [0.717, 1.165) is 10.0 Å². The quantitative estimate of drug-likeness (QED) is 0.168. The van der Waals surface area contributed by atoms with Crippen molar-refractivity contribution in [1.82, 2.24) is 0 Å². The normalized spacial score (nSPS) is 15.2. The molecule has 0 spiro atoms. The number of nitrogens with zero attached hydrogens (tertiary/aromatic N) is 2. The zero-order valence-electron chi connectivity index (χ0n) is 16.4. The molecular weight excluding hydrogens is 500 g/mol. The molecule has 156 valence electrons. The lowest BCUT2D eigenvalue weighted by Crippen LogP contribution is -2.27. The standard InChI is InChI=1S/C22H15BrN2O4S2/c1-12-9-14(10-18(13(12)2)25(27)28)19-8-7-17(29-19)11-20-21(26)24(22(30)31-20)16-5-3-15(23)4-6-16/h3-11H,1-2H3/b20-11+. The largest absolute Gasteiger partial charge is 0.457 e. The Morgan fingerprint density at radius 1 is 1.16 bits per heavy atom. The van der Waals surface area contributed by atoms with Gasteiger partial charge in [0.1, 0.15) is 11.5 Å². The summed E-state index contributed by atoms with van der Waals surface area (Å²) >= 11 is 9.97. The van der Waals surface area contributed by atoms with Crippen LogP contribution in [0.1, 0.15) is 16.9 Å². The third-order valence-electron chi connectivity index (χ3n) is 4.90. The van der Waals surface area contributed by atoms with E-state index < -0.39 is 4.92 Å². The molecular formula is C22H15BrN2O4S2. The maximum atomic E-state index is 12.9. The molecule has 1 aliphatic rings. The monoisotopic (exact) mass is 514 g/mol. The molecule has 0 radical (unpaired) electrons. The Bertz CT molecular complexity index is 1270. The van der Waals surface area contributed by atoms with Crippen LogP contribution in [-0.2, 0) is 4.79 Å². The van der Waals surface area contributed by atoms with Crippen LogP contribution in [-0.4, -0.2) is 15.2 Å². The molecule has 0 atom stereocenters. The molecule has 9 heteroatoms. The van der Waals surface area contributed by atoms with E-state index in [0.29, 0.717) is 37.6 Å². The first-order chi connectivity index (χ1) is 14.7. The summed E-state index contributed by atoms with van der Waals surface area (Å²) in [6.45, 7) is 3.54. The number of carbonyl (C=O) groups excluding carboxylic acids is 1. The minimum Gasteiger partial charge on any atom is -0.457 e. The first-order valence-electron chi connectivity index (χ1n) is 9.14. The minimum atomic E-state index is -0.400. The fourth-order valence-electron chi connectivity index (χ4n) is 3.17. The lowest BCUT2D eigenvalue weighted by molar-refractivity contribution is -0.385. The predicted octanol–water partition coefficient (Wildman–Crippen LogP) is 6.64. The minimum absolute atomic E-state index is 0.0447. The molecule has 0 N–H and O–H groups in total. The van der Waals surface area contributed by atoms with Gasteiger partial charge in [0.15, 0.2) is 4.32 Å². The van der Waals surface area contributed by atoms with Gasteiger partial charge in [-0.1, -0.05) is 39.9 Å². The van der Waals surface area contributed by atoms with Crippen molar-refractivity contribution in [3.63, 3.8) is 0 Å². The average Bonchev–Trinajstić information content (AvgIpc) is 3.29. The van der Waals surface area contributed by atoms with Gasteiger partial charge >= 0.3 is 0 Å². The second kappa shape index (κ2) is 8.41. The summed E-state index contributed by atoms with van der Waals surface area (Å²) in [6, 6.07) is 14.1. The maximum Gasteiger partial charge on any atom is 0.273 e. The third-order valence-corrected chi connectivity index (χ3v) is 6.73. The summed E-state index contributed by atoms with van der Waals surface area (Å²) in [5.74, 6) is 0.727. The molecule has 1 aromatic heterocycles. The Balaban J connectivity index is 1.63. The Morgan fingerprint density at radius 3 is 2.55 bits per heavy atom. The van der Waals surface area contributed by atoms with Gasteiger partial charge < -0.3 is 4.42 Å². The fraction of sp³-hybridized carbons (Fsp3) is 0.0909. The van der Waals surface area contributed by atoms with Crippen molar-refractivity contribution in [1.29, 1.82) is 0 Å². The van der Waals surface area contributed by atoms with E-state index in [4.69, 9.17) is 16.6 Å². The molecule has 3 aromatic rings.